The number of aromatic nitrogens is 2. The maximum atomic E-state index is 12.0. The van der Waals surface area contributed by atoms with Gasteiger partial charge in [0.25, 0.3) is 0 Å². The number of sulfonamides is 1. The number of rotatable bonds is 6. The molecule has 0 saturated heterocycles. The van der Waals surface area contributed by atoms with Crippen LogP contribution in [0.2, 0.25) is 0 Å². The van der Waals surface area contributed by atoms with Gasteiger partial charge in [0.2, 0.25) is 10.0 Å². The molecule has 0 aliphatic carbocycles. The molecule has 2 rings (SSSR count). The van der Waals surface area contributed by atoms with Gasteiger partial charge in [0.1, 0.15) is 0 Å². The van der Waals surface area contributed by atoms with Crippen molar-refractivity contribution in [3.05, 3.63) is 47.8 Å². The average Bonchev–Trinajstić information content (AvgIpc) is 2.91. The first kappa shape index (κ1) is 13.7. The highest BCUT2D eigenvalue weighted by Crippen LogP contribution is 2.11. The molecule has 0 radical (unpaired) electrons. The number of H-pyrrole nitrogens is 1. The predicted octanol–water partition coefficient (Wildman–Crippen LogP) is 0.608. The van der Waals surface area contributed by atoms with Gasteiger partial charge in [-0.15, -0.1) is 0 Å². The van der Waals surface area contributed by atoms with E-state index in [9.17, 15) is 8.42 Å². The van der Waals surface area contributed by atoms with Crippen LogP contribution in [-0.4, -0.2) is 25.7 Å². The van der Waals surface area contributed by atoms with Crippen LogP contribution in [-0.2, 0) is 23.1 Å². The molecule has 0 saturated carbocycles. The van der Waals surface area contributed by atoms with Crippen LogP contribution in [0.1, 0.15) is 11.1 Å². The number of nitrogens with one attached hydrogen (secondary N) is 3. The Morgan fingerprint density at radius 1 is 1.16 bits per heavy atom. The lowest BCUT2D eigenvalue weighted by Crippen LogP contribution is -2.23. The number of nitrogens with zero attached hydrogens (tertiary/aromatic N) is 1. The second-order valence-electron chi connectivity index (χ2n) is 4.11. The van der Waals surface area contributed by atoms with Gasteiger partial charge in [-0.05, 0) is 24.7 Å². The highest BCUT2D eigenvalue weighted by molar-refractivity contribution is 7.89. The minimum Gasteiger partial charge on any atom is -0.316 e. The molecule has 1 aromatic heterocycles. The molecule has 0 bridgehead atoms. The second kappa shape index (κ2) is 5.96. The molecule has 7 heteroatoms. The van der Waals surface area contributed by atoms with Crippen LogP contribution < -0.4 is 10.0 Å². The van der Waals surface area contributed by atoms with Gasteiger partial charge in [-0.1, -0.05) is 12.1 Å². The van der Waals surface area contributed by atoms with Crippen LogP contribution in [0.15, 0.2) is 41.6 Å². The summed E-state index contributed by atoms with van der Waals surface area (Å²) in [6, 6.07) is 6.79. The summed E-state index contributed by atoms with van der Waals surface area (Å²) in [7, 11) is -1.64. The normalized spacial score (nSPS) is 11.6. The van der Waals surface area contributed by atoms with Crippen molar-refractivity contribution in [2.75, 3.05) is 7.05 Å². The van der Waals surface area contributed by atoms with E-state index < -0.39 is 10.0 Å². The summed E-state index contributed by atoms with van der Waals surface area (Å²) in [5, 5.41) is 9.41. The predicted molar refractivity (Wildman–Crippen MR) is 71.8 cm³/mol. The molecule has 0 amide bonds. The van der Waals surface area contributed by atoms with Gasteiger partial charge in [-0.3, -0.25) is 5.10 Å². The summed E-state index contributed by atoms with van der Waals surface area (Å²) in [6.07, 6.45) is 3.23. The first-order chi connectivity index (χ1) is 9.12. The third kappa shape index (κ3) is 3.63. The Hall–Kier alpha value is -1.70. The fourth-order valence-corrected chi connectivity index (χ4v) is 2.64. The van der Waals surface area contributed by atoms with Gasteiger partial charge in [0, 0.05) is 24.8 Å². The Balaban J connectivity index is 2.06. The highest BCUT2D eigenvalue weighted by atomic mass is 32.2. The van der Waals surface area contributed by atoms with Crippen molar-refractivity contribution >= 4 is 10.0 Å². The lowest BCUT2D eigenvalue weighted by molar-refractivity contribution is 0.581. The van der Waals surface area contributed by atoms with Gasteiger partial charge >= 0.3 is 0 Å². The molecule has 0 spiro atoms. The molecule has 1 aromatic carbocycles. The molecule has 0 fully saturated rings. The van der Waals surface area contributed by atoms with Crippen molar-refractivity contribution in [3.8, 4) is 0 Å². The van der Waals surface area contributed by atoms with Crippen molar-refractivity contribution in [3.63, 3.8) is 0 Å². The van der Waals surface area contributed by atoms with Crippen molar-refractivity contribution < 1.29 is 8.42 Å². The summed E-state index contributed by atoms with van der Waals surface area (Å²) >= 11 is 0. The van der Waals surface area contributed by atoms with Crippen LogP contribution >= 0.6 is 0 Å². The van der Waals surface area contributed by atoms with Crippen molar-refractivity contribution in [2.45, 2.75) is 18.0 Å². The zero-order valence-electron chi connectivity index (χ0n) is 10.6. The Kier molecular flexibility index (Phi) is 4.31. The first-order valence-electron chi connectivity index (χ1n) is 5.82. The summed E-state index contributed by atoms with van der Waals surface area (Å²) < 4.78 is 26.6. The molecule has 0 aliphatic rings. The van der Waals surface area contributed by atoms with E-state index in [4.69, 9.17) is 0 Å². The van der Waals surface area contributed by atoms with Crippen LogP contribution in [0, 0.1) is 0 Å². The van der Waals surface area contributed by atoms with E-state index in [0.717, 1.165) is 11.1 Å². The molecule has 0 aliphatic heterocycles. The number of hydrogen-bond donors (Lipinski definition) is 3. The van der Waals surface area contributed by atoms with Gasteiger partial charge in [-0.25, -0.2) is 13.1 Å². The Morgan fingerprint density at radius 2 is 1.89 bits per heavy atom. The van der Waals surface area contributed by atoms with Gasteiger partial charge in [-0.2, -0.15) is 5.10 Å². The molecule has 2 aromatic rings. The van der Waals surface area contributed by atoms with Gasteiger partial charge in [0.05, 0.1) is 11.1 Å². The minimum atomic E-state index is -3.48. The van der Waals surface area contributed by atoms with E-state index in [1.54, 1.807) is 36.7 Å². The third-order valence-corrected chi connectivity index (χ3v) is 4.05. The third-order valence-electron chi connectivity index (χ3n) is 2.64. The fourth-order valence-electron chi connectivity index (χ4n) is 1.63. The van der Waals surface area contributed by atoms with E-state index in [1.165, 1.54) is 0 Å². The van der Waals surface area contributed by atoms with E-state index in [2.05, 4.69) is 20.2 Å². The van der Waals surface area contributed by atoms with E-state index in [0.29, 0.717) is 6.54 Å². The highest BCUT2D eigenvalue weighted by Gasteiger charge is 2.13. The Bertz CT molecular complexity index is 606. The zero-order valence-corrected chi connectivity index (χ0v) is 11.4. The van der Waals surface area contributed by atoms with Crippen LogP contribution in [0.25, 0.3) is 0 Å². The van der Waals surface area contributed by atoms with Crippen LogP contribution in [0.5, 0.6) is 0 Å². The number of aromatic amines is 1. The molecule has 0 unspecified atom stereocenters. The summed E-state index contributed by atoms with van der Waals surface area (Å²) in [6.45, 7) is 0.930. The molecule has 102 valence electrons. The monoisotopic (exact) mass is 280 g/mol. The summed E-state index contributed by atoms with van der Waals surface area (Å²) in [5.41, 5.74) is 1.83. The Morgan fingerprint density at radius 3 is 2.47 bits per heavy atom. The van der Waals surface area contributed by atoms with Gasteiger partial charge < -0.3 is 5.32 Å². The molecular weight excluding hydrogens is 264 g/mol. The summed E-state index contributed by atoms with van der Waals surface area (Å²) in [5.74, 6) is 0. The minimum absolute atomic E-state index is 0.219. The largest absolute Gasteiger partial charge is 0.316 e. The fraction of sp³-hybridized carbons (Fsp3) is 0.250. The number of hydrogen-bond acceptors (Lipinski definition) is 4. The topological polar surface area (TPSA) is 86.9 Å². The second-order valence-corrected chi connectivity index (χ2v) is 5.87. The van der Waals surface area contributed by atoms with Gasteiger partial charge in [0.15, 0.2) is 0 Å². The molecule has 1 heterocycles. The molecule has 6 nitrogen and oxygen atoms in total. The molecule has 19 heavy (non-hydrogen) atoms. The smallest absolute Gasteiger partial charge is 0.240 e. The molecular formula is C12H16N4O2S. The molecule has 3 N–H and O–H groups in total. The number of benzene rings is 1. The lowest BCUT2D eigenvalue weighted by Gasteiger charge is -2.06. The van der Waals surface area contributed by atoms with Crippen LogP contribution in [0.3, 0.4) is 0 Å². The maximum Gasteiger partial charge on any atom is 0.240 e. The van der Waals surface area contributed by atoms with E-state index >= 15 is 0 Å². The summed E-state index contributed by atoms with van der Waals surface area (Å²) in [4.78, 5) is 0.260. The van der Waals surface area contributed by atoms with Crippen molar-refractivity contribution in [1.29, 1.82) is 0 Å². The lowest BCUT2D eigenvalue weighted by atomic mass is 10.2. The SMILES string of the molecule is CNCc1ccc(S(=O)(=O)NCc2cn[nH]c2)cc1. The average molecular weight is 280 g/mol. The molecule has 0 atom stereocenters. The van der Waals surface area contributed by atoms with E-state index in [1.807, 2.05) is 7.05 Å². The van der Waals surface area contributed by atoms with E-state index in [-0.39, 0.29) is 11.4 Å². The zero-order chi connectivity index (χ0) is 13.7. The Labute approximate surface area is 112 Å². The quantitative estimate of drug-likeness (QED) is 0.723. The maximum absolute atomic E-state index is 12.0. The first-order valence-corrected chi connectivity index (χ1v) is 7.31. The van der Waals surface area contributed by atoms with Crippen molar-refractivity contribution in [1.82, 2.24) is 20.2 Å². The van der Waals surface area contributed by atoms with Crippen molar-refractivity contribution in [2.24, 2.45) is 0 Å². The standard InChI is InChI=1S/C12H16N4O2S/c1-13-6-10-2-4-12(5-3-10)19(17,18)16-9-11-7-14-15-8-11/h2-5,7-8,13,16H,6,9H2,1H3,(H,14,15). The van der Waals surface area contributed by atoms with Crippen LogP contribution in [0.4, 0.5) is 0 Å².